The number of methoxy groups -OCH3 is 1. The van der Waals surface area contributed by atoms with Gasteiger partial charge in [-0.2, -0.15) is 0 Å². The molecular weight excluding hydrogens is 409 g/mol. The van der Waals surface area contributed by atoms with Gasteiger partial charge in [-0.05, 0) is 52.9 Å². The van der Waals surface area contributed by atoms with Crippen LogP contribution in [-0.2, 0) is 0 Å². The lowest BCUT2D eigenvalue weighted by atomic mass is 10.1. The number of rotatable bonds is 3. The Hall–Kier alpha value is -0.950. The minimum Gasteiger partial charge on any atom is -0.494 e. The largest absolute Gasteiger partial charge is 0.494 e. The quantitative estimate of drug-likeness (QED) is 0.564. The van der Waals surface area contributed by atoms with E-state index >= 15 is 0 Å². The standard InChI is InChI=1S/C13H9BrINO2/c1-18-11-3-2-6-16-12(11)13(17)9-7-8(14)4-5-10(9)15/h2-7H,1H3. The highest BCUT2D eigenvalue weighted by atomic mass is 127. The molecule has 2 aromatic rings. The molecule has 0 bridgehead atoms. The Kier molecular flexibility index (Phi) is 4.34. The summed E-state index contributed by atoms with van der Waals surface area (Å²) in [4.78, 5) is 16.5. The second kappa shape index (κ2) is 5.79. The molecule has 0 N–H and O–H groups in total. The summed E-state index contributed by atoms with van der Waals surface area (Å²) in [6.07, 6.45) is 1.58. The maximum atomic E-state index is 12.4. The van der Waals surface area contributed by atoms with E-state index < -0.39 is 0 Å². The molecule has 0 fully saturated rings. The van der Waals surface area contributed by atoms with Crippen LogP contribution in [0, 0.1) is 3.57 Å². The van der Waals surface area contributed by atoms with Crippen molar-refractivity contribution < 1.29 is 9.53 Å². The summed E-state index contributed by atoms with van der Waals surface area (Å²) in [6, 6.07) is 9.03. The Bertz CT molecular complexity index is 601. The van der Waals surface area contributed by atoms with E-state index in [1.165, 1.54) is 7.11 Å². The molecule has 18 heavy (non-hydrogen) atoms. The number of halogens is 2. The van der Waals surface area contributed by atoms with Crippen molar-refractivity contribution >= 4 is 44.3 Å². The number of benzene rings is 1. The second-order valence-electron chi connectivity index (χ2n) is 3.51. The number of ketones is 1. The van der Waals surface area contributed by atoms with Crippen molar-refractivity contribution in [3.8, 4) is 5.75 Å². The average Bonchev–Trinajstić information content (AvgIpc) is 2.40. The first-order chi connectivity index (χ1) is 8.63. The Labute approximate surface area is 127 Å². The van der Waals surface area contributed by atoms with Crippen molar-refractivity contribution in [3.05, 3.63) is 55.8 Å². The van der Waals surface area contributed by atoms with Crippen molar-refractivity contribution in [2.45, 2.75) is 0 Å². The third-order valence-corrected chi connectivity index (χ3v) is 3.81. The molecule has 0 unspecified atom stereocenters. The lowest BCUT2D eigenvalue weighted by Crippen LogP contribution is -2.08. The van der Waals surface area contributed by atoms with Crippen molar-refractivity contribution in [2.75, 3.05) is 7.11 Å². The van der Waals surface area contributed by atoms with E-state index in [1.807, 2.05) is 12.1 Å². The van der Waals surface area contributed by atoms with Gasteiger partial charge in [0, 0.05) is 19.8 Å². The fraction of sp³-hybridized carbons (Fsp3) is 0.0769. The maximum absolute atomic E-state index is 12.4. The van der Waals surface area contributed by atoms with Crippen LogP contribution in [0.15, 0.2) is 41.0 Å². The van der Waals surface area contributed by atoms with E-state index in [9.17, 15) is 4.79 Å². The van der Waals surface area contributed by atoms with Crippen LogP contribution in [0.1, 0.15) is 16.1 Å². The molecule has 92 valence electrons. The molecule has 1 aromatic carbocycles. The van der Waals surface area contributed by atoms with Crippen LogP contribution >= 0.6 is 38.5 Å². The van der Waals surface area contributed by atoms with Crippen molar-refractivity contribution in [1.82, 2.24) is 4.98 Å². The van der Waals surface area contributed by atoms with Crippen LogP contribution < -0.4 is 4.74 Å². The van der Waals surface area contributed by atoms with E-state index in [0.29, 0.717) is 17.0 Å². The highest BCUT2D eigenvalue weighted by molar-refractivity contribution is 14.1. The molecule has 1 heterocycles. The highest BCUT2D eigenvalue weighted by Gasteiger charge is 2.18. The van der Waals surface area contributed by atoms with Gasteiger partial charge >= 0.3 is 0 Å². The normalized spacial score (nSPS) is 10.2. The predicted octanol–water partition coefficient (Wildman–Crippen LogP) is 3.69. The monoisotopic (exact) mass is 417 g/mol. The molecule has 0 saturated heterocycles. The Morgan fingerprint density at radius 2 is 2.17 bits per heavy atom. The molecule has 0 aliphatic carbocycles. The summed E-state index contributed by atoms with van der Waals surface area (Å²) in [7, 11) is 1.53. The first kappa shape index (κ1) is 13.5. The average molecular weight is 418 g/mol. The van der Waals surface area contributed by atoms with Crippen LogP contribution in [0.2, 0.25) is 0 Å². The molecule has 0 aliphatic heterocycles. The third-order valence-electron chi connectivity index (χ3n) is 2.38. The number of ether oxygens (including phenoxy) is 1. The topological polar surface area (TPSA) is 39.2 Å². The summed E-state index contributed by atoms with van der Waals surface area (Å²) in [5.74, 6) is 0.344. The van der Waals surface area contributed by atoms with Crippen LogP contribution in [0.3, 0.4) is 0 Å². The lowest BCUT2D eigenvalue weighted by molar-refractivity contribution is 0.103. The molecule has 0 atom stereocenters. The van der Waals surface area contributed by atoms with Crippen LogP contribution in [0.5, 0.6) is 5.75 Å². The summed E-state index contributed by atoms with van der Waals surface area (Å²) in [6.45, 7) is 0. The minimum absolute atomic E-state index is 0.141. The number of hydrogen-bond donors (Lipinski definition) is 0. The van der Waals surface area contributed by atoms with Gasteiger partial charge < -0.3 is 4.74 Å². The van der Waals surface area contributed by atoms with Crippen LogP contribution in [0.4, 0.5) is 0 Å². The number of carbonyl (C=O) groups excluding carboxylic acids is 1. The number of carbonyl (C=O) groups is 1. The van der Waals surface area contributed by atoms with Gasteiger partial charge in [-0.3, -0.25) is 4.79 Å². The summed E-state index contributed by atoms with van der Waals surface area (Å²) >= 11 is 5.50. The molecule has 0 radical (unpaired) electrons. The van der Waals surface area contributed by atoms with Gasteiger partial charge in [0.15, 0.2) is 5.69 Å². The van der Waals surface area contributed by atoms with Crippen LogP contribution in [-0.4, -0.2) is 17.9 Å². The first-order valence-corrected chi connectivity index (χ1v) is 6.99. The van der Waals surface area contributed by atoms with E-state index in [0.717, 1.165) is 8.04 Å². The fourth-order valence-corrected chi connectivity index (χ4v) is 2.47. The van der Waals surface area contributed by atoms with Crippen molar-refractivity contribution in [1.29, 1.82) is 0 Å². The van der Waals surface area contributed by atoms with E-state index in [1.54, 1.807) is 24.4 Å². The summed E-state index contributed by atoms with van der Waals surface area (Å²) < 4.78 is 6.91. The molecule has 0 spiro atoms. The molecular formula is C13H9BrINO2. The van der Waals surface area contributed by atoms with Gasteiger partial charge in [-0.1, -0.05) is 15.9 Å². The third kappa shape index (κ3) is 2.72. The molecule has 1 aromatic heterocycles. The molecule has 2 rings (SSSR count). The van der Waals surface area contributed by atoms with Gasteiger partial charge in [0.25, 0.3) is 0 Å². The van der Waals surface area contributed by atoms with E-state index in [-0.39, 0.29) is 5.78 Å². The molecule has 0 amide bonds. The van der Waals surface area contributed by atoms with Gasteiger partial charge in [0.1, 0.15) is 5.75 Å². The highest BCUT2D eigenvalue weighted by Crippen LogP contribution is 2.24. The van der Waals surface area contributed by atoms with Gasteiger partial charge in [0.05, 0.1) is 7.11 Å². The summed E-state index contributed by atoms with van der Waals surface area (Å²) in [5.41, 5.74) is 0.943. The van der Waals surface area contributed by atoms with Gasteiger partial charge in [-0.15, -0.1) is 0 Å². The smallest absolute Gasteiger partial charge is 0.216 e. The molecule has 0 aliphatic rings. The van der Waals surface area contributed by atoms with E-state index in [2.05, 4.69) is 43.5 Å². The Balaban J connectivity index is 2.51. The number of pyridine rings is 1. The SMILES string of the molecule is COc1cccnc1C(=O)c1cc(Br)ccc1I. The molecule has 0 saturated carbocycles. The van der Waals surface area contributed by atoms with Crippen molar-refractivity contribution in [2.24, 2.45) is 0 Å². The molecule has 3 nitrogen and oxygen atoms in total. The zero-order valence-corrected chi connectivity index (χ0v) is 13.2. The van der Waals surface area contributed by atoms with E-state index in [4.69, 9.17) is 4.74 Å². The van der Waals surface area contributed by atoms with Crippen molar-refractivity contribution in [3.63, 3.8) is 0 Å². The zero-order valence-electron chi connectivity index (χ0n) is 9.48. The maximum Gasteiger partial charge on any atom is 0.216 e. The minimum atomic E-state index is -0.141. The number of hydrogen-bond acceptors (Lipinski definition) is 3. The fourth-order valence-electron chi connectivity index (χ4n) is 1.52. The Morgan fingerprint density at radius 1 is 1.39 bits per heavy atom. The lowest BCUT2D eigenvalue weighted by Gasteiger charge is -2.07. The van der Waals surface area contributed by atoms with Crippen LogP contribution in [0.25, 0.3) is 0 Å². The number of aromatic nitrogens is 1. The predicted molar refractivity (Wildman–Crippen MR) is 81.1 cm³/mol. The molecule has 5 heteroatoms. The number of nitrogens with zero attached hydrogens (tertiary/aromatic N) is 1. The van der Waals surface area contributed by atoms with Gasteiger partial charge in [-0.25, -0.2) is 4.98 Å². The Morgan fingerprint density at radius 3 is 2.89 bits per heavy atom. The zero-order chi connectivity index (χ0) is 13.1. The second-order valence-corrected chi connectivity index (χ2v) is 5.59. The van der Waals surface area contributed by atoms with Gasteiger partial charge in [0.2, 0.25) is 5.78 Å². The summed E-state index contributed by atoms with van der Waals surface area (Å²) in [5, 5.41) is 0. The first-order valence-electron chi connectivity index (χ1n) is 5.12.